The van der Waals surface area contributed by atoms with E-state index in [-0.39, 0.29) is 16.7 Å². The minimum atomic E-state index is -3.71. The van der Waals surface area contributed by atoms with Gasteiger partial charge in [0, 0.05) is 0 Å². The third-order valence-electron chi connectivity index (χ3n) is 2.97. The van der Waals surface area contributed by atoms with Gasteiger partial charge in [-0.1, -0.05) is 29.3 Å². The zero-order valence-electron chi connectivity index (χ0n) is 11.2. The second-order valence-electron chi connectivity index (χ2n) is 4.79. The predicted molar refractivity (Wildman–Crippen MR) is 76.4 cm³/mol. The molecule has 2 rings (SSSR count). The van der Waals surface area contributed by atoms with Crippen LogP contribution in [0, 0.1) is 6.92 Å². The van der Waals surface area contributed by atoms with Crippen LogP contribution in [0.1, 0.15) is 19.4 Å². The molecule has 1 aliphatic rings. The molecule has 0 radical (unpaired) electrons. The molecule has 1 aliphatic heterocycles. The lowest BCUT2D eigenvalue weighted by atomic mass is 10.2. The highest BCUT2D eigenvalue weighted by Gasteiger charge is 2.35. The molecule has 0 aromatic heterocycles. The number of rotatable bonds is 2. The SMILES string of the molecule is CC1=CC(C)N(S(=O)(=O)c2ccc(C)cc2)S(=O)C1. The zero-order chi connectivity index (χ0) is 14.2. The van der Waals surface area contributed by atoms with E-state index in [0.29, 0.717) is 0 Å². The van der Waals surface area contributed by atoms with Gasteiger partial charge < -0.3 is 0 Å². The molecule has 2 atom stereocenters. The van der Waals surface area contributed by atoms with Crippen molar-refractivity contribution in [3.63, 3.8) is 0 Å². The molecule has 1 heterocycles. The van der Waals surface area contributed by atoms with Crippen molar-refractivity contribution in [1.82, 2.24) is 3.71 Å². The predicted octanol–water partition coefficient (Wildman–Crippen LogP) is 2.00. The summed E-state index contributed by atoms with van der Waals surface area (Å²) in [6.07, 6.45) is 1.84. The fraction of sp³-hybridized carbons (Fsp3) is 0.385. The molecule has 104 valence electrons. The zero-order valence-corrected chi connectivity index (χ0v) is 12.8. The summed E-state index contributed by atoms with van der Waals surface area (Å²) in [5, 5.41) is 0. The topological polar surface area (TPSA) is 54.5 Å². The summed E-state index contributed by atoms with van der Waals surface area (Å²) >= 11 is 0. The van der Waals surface area contributed by atoms with Crippen molar-refractivity contribution in [3.05, 3.63) is 41.5 Å². The number of sulfonamides is 1. The van der Waals surface area contributed by atoms with Crippen LogP contribution in [-0.2, 0) is 21.0 Å². The minimum Gasteiger partial charge on any atom is -0.241 e. The lowest BCUT2D eigenvalue weighted by molar-refractivity contribution is 0.501. The Hall–Kier alpha value is -0.980. The van der Waals surface area contributed by atoms with Crippen LogP contribution in [0.2, 0.25) is 0 Å². The molecule has 0 spiro atoms. The highest BCUT2D eigenvalue weighted by molar-refractivity contribution is 8.01. The van der Waals surface area contributed by atoms with Gasteiger partial charge in [-0.2, -0.15) is 0 Å². The first-order valence-electron chi connectivity index (χ1n) is 5.99. The number of hydrogen-bond donors (Lipinski definition) is 0. The highest BCUT2D eigenvalue weighted by Crippen LogP contribution is 2.25. The van der Waals surface area contributed by atoms with Gasteiger partial charge in [-0.25, -0.2) is 12.6 Å². The number of benzene rings is 1. The van der Waals surface area contributed by atoms with Gasteiger partial charge >= 0.3 is 0 Å². The first-order valence-corrected chi connectivity index (χ1v) is 8.71. The van der Waals surface area contributed by atoms with Gasteiger partial charge in [-0.15, -0.1) is 3.71 Å². The summed E-state index contributed by atoms with van der Waals surface area (Å²) in [7, 11) is -5.25. The largest absolute Gasteiger partial charge is 0.254 e. The third-order valence-corrected chi connectivity index (χ3v) is 7.16. The molecular weight excluding hydrogens is 282 g/mol. The van der Waals surface area contributed by atoms with Crippen molar-refractivity contribution in [3.8, 4) is 0 Å². The Morgan fingerprint density at radius 1 is 1.21 bits per heavy atom. The van der Waals surface area contributed by atoms with Gasteiger partial charge in [-0.3, -0.25) is 0 Å². The Bertz CT molecular complexity index is 632. The Labute approximate surface area is 116 Å². The quantitative estimate of drug-likeness (QED) is 0.785. The first-order chi connectivity index (χ1) is 8.82. The van der Waals surface area contributed by atoms with Gasteiger partial charge in [0.25, 0.3) is 10.0 Å². The smallest absolute Gasteiger partial charge is 0.241 e. The Morgan fingerprint density at radius 2 is 1.79 bits per heavy atom. The van der Waals surface area contributed by atoms with Crippen LogP contribution >= 0.6 is 0 Å². The van der Waals surface area contributed by atoms with E-state index < -0.39 is 21.0 Å². The maximum absolute atomic E-state index is 12.5. The summed E-state index contributed by atoms with van der Waals surface area (Å²) < 4.78 is 38.3. The van der Waals surface area contributed by atoms with E-state index in [4.69, 9.17) is 0 Å². The van der Waals surface area contributed by atoms with E-state index in [1.807, 2.05) is 19.9 Å². The normalized spacial score (nSPS) is 25.1. The van der Waals surface area contributed by atoms with Gasteiger partial charge in [0.1, 0.15) is 11.0 Å². The van der Waals surface area contributed by atoms with Gasteiger partial charge in [0.05, 0.1) is 16.7 Å². The maximum Gasteiger partial charge on any atom is 0.254 e. The molecule has 0 fully saturated rings. The number of nitrogens with zero attached hydrogens (tertiary/aromatic N) is 1. The molecule has 0 amide bonds. The molecule has 0 saturated carbocycles. The summed E-state index contributed by atoms with van der Waals surface area (Å²) in [6.45, 7) is 5.50. The fourth-order valence-corrected chi connectivity index (χ4v) is 5.63. The van der Waals surface area contributed by atoms with Crippen LogP contribution in [-0.4, -0.2) is 28.1 Å². The van der Waals surface area contributed by atoms with Crippen molar-refractivity contribution in [2.24, 2.45) is 0 Å². The van der Waals surface area contributed by atoms with Gasteiger partial charge in [0.15, 0.2) is 0 Å². The molecule has 1 aromatic rings. The van der Waals surface area contributed by atoms with E-state index in [9.17, 15) is 12.6 Å². The van der Waals surface area contributed by atoms with Crippen LogP contribution in [0.4, 0.5) is 0 Å². The van der Waals surface area contributed by atoms with Crippen LogP contribution in [0.15, 0.2) is 40.8 Å². The molecule has 6 heteroatoms. The van der Waals surface area contributed by atoms with Gasteiger partial charge in [0.2, 0.25) is 0 Å². The van der Waals surface area contributed by atoms with E-state index in [1.54, 1.807) is 31.2 Å². The lowest BCUT2D eigenvalue weighted by Crippen LogP contribution is -2.42. The van der Waals surface area contributed by atoms with E-state index >= 15 is 0 Å². The summed E-state index contributed by atoms with van der Waals surface area (Å²) in [6, 6.07) is 6.21. The average Bonchev–Trinajstić information content (AvgIpc) is 2.27. The summed E-state index contributed by atoms with van der Waals surface area (Å²) in [5.41, 5.74) is 1.95. The average molecular weight is 299 g/mol. The lowest BCUT2D eigenvalue weighted by Gasteiger charge is -2.29. The second-order valence-corrected chi connectivity index (χ2v) is 8.16. The van der Waals surface area contributed by atoms with E-state index in [1.165, 1.54) is 0 Å². The molecule has 0 aliphatic carbocycles. The van der Waals surface area contributed by atoms with Crippen LogP contribution in [0.5, 0.6) is 0 Å². The molecule has 2 unspecified atom stereocenters. The molecule has 4 nitrogen and oxygen atoms in total. The Kier molecular flexibility index (Phi) is 3.94. The number of aryl methyl sites for hydroxylation is 1. The van der Waals surface area contributed by atoms with Crippen molar-refractivity contribution >= 4 is 21.0 Å². The van der Waals surface area contributed by atoms with Crippen LogP contribution < -0.4 is 0 Å². The third kappa shape index (κ3) is 2.80. The summed E-state index contributed by atoms with van der Waals surface area (Å²) in [4.78, 5) is 0.186. The Morgan fingerprint density at radius 3 is 2.32 bits per heavy atom. The standard InChI is InChI=1S/C13H17NO3S2/c1-10-4-6-13(7-5-10)19(16,17)14-12(3)8-11(2)9-18(14)15/h4-8,12H,9H2,1-3H3. The van der Waals surface area contributed by atoms with Crippen molar-refractivity contribution in [1.29, 1.82) is 0 Å². The van der Waals surface area contributed by atoms with Gasteiger partial charge in [-0.05, 0) is 32.9 Å². The number of hydrogen-bond acceptors (Lipinski definition) is 3. The first kappa shape index (κ1) is 14.4. The summed E-state index contributed by atoms with van der Waals surface area (Å²) in [5.74, 6) is 0.273. The maximum atomic E-state index is 12.5. The van der Waals surface area contributed by atoms with Crippen molar-refractivity contribution < 1.29 is 12.6 Å². The molecule has 0 bridgehead atoms. The Balaban J connectivity index is 2.45. The van der Waals surface area contributed by atoms with Crippen molar-refractivity contribution in [2.45, 2.75) is 31.7 Å². The molecule has 0 N–H and O–H groups in total. The van der Waals surface area contributed by atoms with Crippen molar-refractivity contribution in [2.75, 3.05) is 5.75 Å². The molecule has 1 aromatic carbocycles. The molecule has 19 heavy (non-hydrogen) atoms. The van der Waals surface area contributed by atoms with Crippen LogP contribution in [0.3, 0.4) is 0 Å². The van der Waals surface area contributed by atoms with E-state index in [0.717, 1.165) is 14.8 Å². The second kappa shape index (κ2) is 5.19. The highest BCUT2D eigenvalue weighted by atomic mass is 32.3. The van der Waals surface area contributed by atoms with E-state index in [2.05, 4.69) is 0 Å². The molecule has 0 saturated heterocycles. The monoisotopic (exact) mass is 299 g/mol. The molecular formula is C13H17NO3S2. The van der Waals surface area contributed by atoms with Crippen LogP contribution in [0.25, 0.3) is 0 Å². The minimum absolute atomic E-state index is 0.186. The fourth-order valence-electron chi connectivity index (χ4n) is 2.11.